The van der Waals surface area contributed by atoms with Crippen LogP contribution in [0.15, 0.2) is 18.2 Å². The molecule has 1 aromatic carbocycles. The number of carbonyl (C=O) groups excluding carboxylic acids is 3. The van der Waals surface area contributed by atoms with Crippen molar-refractivity contribution in [2.75, 3.05) is 12.4 Å². The number of benzene rings is 1. The minimum absolute atomic E-state index is 0.0434. The van der Waals surface area contributed by atoms with Crippen LogP contribution in [0.3, 0.4) is 0 Å². The molecule has 3 N–H and O–H groups in total. The van der Waals surface area contributed by atoms with Gasteiger partial charge in [-0.2, -0.15) is 0 Å². The number of amides is 3. The number of nitrogens with zero attached hydrogens (tertiary/aromatic N) is 1. The van der Waals surface area contributed by atoms with Crippen LogP contribution in [0, 0.1) is 10.1 Å². The molecule has 0 unspecified atom stereocenters. The molecule has 1 aliphatic carbocycles. The van der Waals surface area contributed by atoms with Crippen LogP contribution in [-0.4, -0.2) is 42.0 Å². The summed E-state index contributed by atoms with van der Waals surface area (Å²) in [5.41, 5.74) is -0.123. The third-order valence-electron chi connectivity index (χ3n) is 4.28. The summed E-state index contributed by atoms with van der Waals surface area (Å²) in [5, 5.41) is 18.5. The molecular formula is C17H22N4O6. The molecular weight excluding hydrogens is 356 g/mol. The smallest absolute Gasteiger partial charge is 0.339 e. The maximum absolute atomic E-state index is 12.2. The standard InChI is InChI=1S/C17H22N4O6/c1-10(15(22)20-17(24)19-12-5-3-4-6-12)27-16(23)11-7-8-13(18-2)14(9-11)21(25)26/h7-10,12,18H,3-6H2,1-2H3,(H2,19,20,22,24)/t10-/m1/s1. The number of esters is 1. The van der Waals surface area contributed by atoms with Gasteiger partial charge in [-0.1, -0.05) is 12.8 Å². The highest BCUT2D eigenvalue weighted by Crippen LogP contribution is 2.25. The minimum atomic E-state index is -1.24. The van der Waals surface area contributed by atoms with Gasteiger partial charge in [-0.25, -0.2) is 9.59 Å². The first kappa shape index (κ1) is 20.1. The van der Waals surface area contributed by atoms with E-state index in [2.05, 4.69) is 16.0 Å². The summed E-state index contributed by atoms with van der Waals surface area (Å²) in [6, 6.07) is 3.18. The third kappa shape index (κ3) is 5.40. The molecule has 0 heterocycles. The predicted octanol–water partition coefficient (Wildman–Crippen LogP) is 1.95. The maximum Gasteiger partial charge on any atom is 0.339 e. The normalized spacial score (nSPS) is 14.9. The number of anilines is 1. The second-order valence-corrected chi connectivity index (χ2v) is 6.23. The Labute approximate surface area is 155 Å². The van der Waals surface area contributed by atoms with Gasteiger partial charge in [0, 0.05) is 19.2 Å². The van der Waals surface area contributed by atoms with Gasteiger partial charge in [0.1, 0.15) is 5.69 Å². The molecule has 3 amide bonds. The lowest BCUT2D eigenvalue weighted by Crippen LogP contribution is -2.47. The summed E-state index contributed by atoms with van der Waals surface area (Å²) in [6.07, 6.45) is 2.56. The number of rotatable bonds is 6. The van der Waals surface area contributed by atoms with E-state index >= 15 is 0 Å². The van der Waals surface area contributed by atoms with Gasteiger partial charge in [-0.3, -0.25) is 20.2 Å². The molecule has 0 bridgehead atoms. The molecule has 0 aromatic heterocycles. The molecule has 1 saturated carbocycles. The van der Waals surface area contributed by atoms with Crippen molar-refractivity contribution in [2.45, 2.75) is 44.8 Å². The van der Waals surface area contributed by atoms with Crippen LogP contribution in [0.2, 0.25) is 0 Å². The molecule has 1 aromatic rings. The Morgan fingerprint density at radius 3 is 2.52 bits per heavy atom. The number of nitrogens with one attached hydrogen (secondary N) is 3. The van der Waals surface area contributed by atoms with Crippen LogP contribution in [0.1, 0.15) is 43.0 Å². The zero-order chi connectivity index (χ0) is 20.0. The van der Waals surface area contributed by atoms with Crippen LogP contribution in [0.25, 0.3) is 0 Å². The van der Waals surface area contributed by atoms with Gasteiger partial charge < -0.3 is 15.4 Å². The second kappa shape index (κ2) is 8.97. The minimum Gasteiger partial charge on any atom is -0.449 e. The quantitative estimate of drug-likeness (QED) is 0.390. The Morgan fingerprint density at radius 1 is 1.26 bits per heavy atom. The summed E-state index contributed by atoms with van der Waals surface area (Å²) in [4.78, 5) is 46.4. The van der Waals surface area contributed by atoms with E-state index in [4.69, 9.17) is 4.74 Å². The molecule has 146 valence electrons. The lowest BCUT2D eigenvalue weighted by molar-refractivity contribution is -0.384. The summed E-state index contributed by atoms with van der Waals surface area (Å²) < 4.78 is 5.00. The predicted molar refractivity (Wildman–Crippen MR) is 96.5 cm³/mol. The largest absolute Gasteiger partial charge is 0.449 e. The topological polar surface area (TPSA) is 140 Å². The molecule has 10 nitrogen and oxygen atoms in total. The van der Waals surface area contributed by atoms with E-state index in [1.165, 1.54) is 26.1 Å². The van der Waals surface area contributed by atoms with Crippen LogP contribution in [0.4, 0.5) is 16.2 Å². The van der Waals surface area contributed by atoms with Gasteiger partial charge in [-0.15, -0.1) is 0 Å². The molecule has 27 heavy (non-hydrogen) atoms. The third-order valence-corrected chi connectivity index (χ3v) is 4.28. The van der Waals surface area contributed by atoms with Crippen molar-refractivity contribution in [3.05, 3.63) is 33.9 Å². The number of carbonyl (C=O) groups is 3. The lowest BCUT2D eigenvalue weighted by atomic mass is 10.1. The van der Waals surface area contributed by atoms with Crippen LogP contribution in [-0.2, 0) is 9.53 Å². The fraction of sp³-hybridized carbons (Fsp3) is 0.471. The molecule has 0 aliphatic heterocycles. The van der Waals surface area contributed by atoms with E-state index in [9.17, 15) is 24.5 Å². The van der Waals surface area contributed by atoms with Gasteiger partial charge in [-0.05, 0) is 31.9 Å². The van der Waals surface area contributed by atoms with E-state index in [1.54, 1.807) is 0 Å². The molecule has 0 saturated heterocycles. The second-order valence-electron chi connectivity index (χ2n) is 6.23. The van der Waals surface area contributed by atoms with Crippen molar-refractivity contribution in [2.24, 2.45) is 0 Å². The summed E-state index contributed by atoms with van der Waals surface area (Å²) in [6.45, 7) is 1.31. The van der Waals surface area contributed by atoms with E-state index in [1.807, 2.05) is 0 Å². The molecule has 2 rings (SSSR count). The highest BCUT2D eigenvalue weighted by Gasteiger charge is 2.24. The highest BCUT2D eigenvalue weighted by molar-refractivity contribution is 5.98. The Morgan fingerprint density at radius 2 is 1.93 bits per heavy atom. The average molecular weight is 378 g/mol. The maximum atomic E-state index is 12.2. The number of hydrogen-bond acceptors (Lipinski definition) is 7. The molecule has 10 heteroatoms. The van der Waals surface area contributed by atoms with Crippen molar-refractivity contribution >= 4 is 29.3 Å². The van der Waals surface area contributed by atoms with Crippen molar-refractivity contribution in [1.29, 1.82) is 0 Å². The molecule has 0 spiro atoms. The van der Waals surface area contributed by atoms with E-state index in [0.29, 0.717) is 0 Å². The average Bonchev–Trinajstić information content (AvgIpc) is 3.13. The fourth-order valence-corrected chi connectivity index (χ4v) is 2.81. The van der Waals surface area contributed by atoms with Gasteiger partial charge >= 0.3 is 12.0 Å². The first-order chi connectivity index (χ1) is 12.8. The molecule has 1 atom stereocenters. The van der Waals surface area contributed by atoms with Crippen molar-refractivity contribution < 1.29 is 24.0 Å². The van der Waals surface area contributed by atoms with Crippen molar-refractivity contribution in [3.63, 3.8) is 0 Å². The molecule has 1 fully saturated rings. The van der Waals surface area contributed by atoms with E-state index in [-0.39, 0.29) is 23.0 Å². The number of hydrogen-bond donors (Lipinski definition) is 3. The summed E-state index contributed by atoms with van der Waals surface area (Å²) >= 11 is 0. The molecule has 0 radical (unpaired) electrons. The monoisotopic (exact) mass is 378 g/mol. The fourth-order valence-electron chi connectivity index (χ4n) is 2.81. The van der Waals surface area contributed by atoms with E-state index in [0.717, 1.165) is 31.7 Å². The number of urea groups is 1. The zero-order valence-corrected chi connectivity index (χ0v) is 15.1. The number of nitro benzene ring substituents is 1. The summed E-state index contributed by atoms with van der Waals surface area (Å²) in [7, 11) is 1.52. The Hall–Kier alpha value is -3.17. The highest BCUT2D eigenvalue weighted by atomic mass is 16.6. The lowest BCUT2D eigenvalue weighted by Gasteiger charge is -2.15. The Bertz CT molecular complexity index is 745. The number of nitro groups is 1. The number of ether oxygens (including phenoxy) is 1. The van der Waals surface area contributed by atoms with Crippen molar-refractivity contribution in [1.82, 2.24) is 10.6 Å². The van der Waals surface area contributed by atoms with Gasteiger partial charge in [0.25, 0.3) is 11.6 Å². The first-order valence-electron chi connectivity index (χ1n) is 8.60. The summed E-state index contributed by atoms with van der Waals surface area (Å²) in [5.74, 6) is -1.68. The van der Waals surface area contributed by atoms with Crippen LogP contribution in [0.5, 0.6) is 0 Å². The van der Waals surface area contributed by atoms with Crippen molar-refractivity contribution in [3.8, 4) is 0 Å². The van der Waals surface area contributed by atoms with Crippen LogP contribution >= 0.6 is 0 Å². The zero-order valence-electron chi connectivity index (χ0n) is 15.1. The first-order valence-corrected chi connectivity index (χ1v) is 8.60. The Balaban J connectivity index is 1.93. The van der Waals surface area contributed by atoms with Gasteiger partial charge in [0.2, 0.25) is 0 Å². The number of imide groups is 1. The Kier molecular flexibility index (Phi) is 6.69. The van der Waals surface area contributed by atoms with Gasteiger partial charge in [0.15, 0.2) is 6.10 Å². The van der Waals surface area contributed by atoms with Crippen LogP contribution < -0.4 is 16.0 Å². The molecule has 1 aliphatic rings. The van der Waals surface area contributed by atoms with Gasteiger partial charge in [0.05, 0.1) is 10.5 Å². The van der Waals surface area contributed by atoms with E-state index < -0.39 is 28.9 Å². The SMILES string of the molecule is CNc1ccc(C(=O)O[C@H](C)C(=O)NC(=O)NC2CCCC2)cc1[N+](=O)[O-].